The van der Waals surface area contributed by atoms with Crippen molar-refractivity contribution >= 4 is 17.6 Å². The van der Waals surface area contributed by atoms with Crippen LogP contribution in [0.5, 0.6) is 0 Å². The molecule has 148 valence electrons. The fraction of sp³-hybridized carbons (Fsp3) is 0.650. The number of amides is 1. The van der Waals surface area contributed by atoms with E-state index in [0.717, 1.165) is 31.7 Å². The molecule has 1 aliphatic carbocycles. The van der Waals surface area contributed by atoms with Gasteiger partial charge >= 0.3 is 0 Å². The van der Waals surface area contributed by atoms with Gasteiger partial charge in [0, 0.05) is 30.9 Å². The average Bonchev–Trinajstić information content (AvgIpc) is 2.70. The van der Waals surface area contributed by atoms with Gasteiger partial charge < -0.3 is 20.8 Å². The van der Waals surface area contributed by atoms with Crippen LogP contribution in [0.4, 0.5) is 5.82 Å². The predicted octanol–water partition coefficient (Wildman–Crippen LogP) is 2.40. The van der Waals surface area contributed by atoms with Crippen LogP contribution in [0.2, 0.25) is 0 Å². The molecule has 2 aliphatic rings. The van der Waals surface area contributed by atoms with E-state index >= 15 is 0 Å². The first-order valence-electron chi connectivity index (χ1n) is 10.1. The Bertz CT molecular complexity index is 640. The van der Waals surface area contributed by atoms with E-state index in [1.165, 1.54) is 32.1 Å². The molecule has 0 radical (unpaired) electrons. The van der Waals surface area contributed by atoms with Gasteiger partial charge in [-0.3, -0.25) is 4.79 Å². The van der Waals surface area contributed by atoms with Crippen LogP contribution in [0.15, 0.2) is 23.5 Å². The fourth-order valence-corrected chi connectivity index (χ4v) is 3.84. The van der Waals surface area contributed by atoms with Gasteiger partial charge in [0.1, 0.15) is 5.82 Å². The largest absolute Gasteiger partial charge is 0.384 e. The molecular weight excluding hydrogens is 342 g/mol. The molecule has 2 atom stereocenters. The molecule has 7 heteroatoms. The van der Waals surface area contributed by atoms with E-state index in [1.807, 2.05) is 12.1 Å². The number of rotatable bonds is 6. The van der Waals surface area contributed by atoms with E-state index in [1.54, 1.807) is 6.20 Å². The molecule has 3 rings (SSSR count). The smallest absolute Gasteiger partial charge is 0.261 e. The van der Waals surface area contributed by atoms with E-state index in [-0.39, 0.29) is 24.4 Å². The Labute approximate surface area is 161 Å². The number of nitrogens with two attached hydrogens (primary N) is 1. The monoisotopic (exact) mass is 373 g/mol. The van der Waals surface area contributed by atoms with Crippen LogP contribution in [0.3, 0.4) is 0 Å². The van der Waals surface area contributed by atoms with Gasteiger partial charge in [0.15, 0.2) is 12.4 Å². The molecule has 0 spiro atoms. The molecule has 7 nitrogen and oxygen atoms in total. The number of anilines is 1. The number of pyridine rings is 1. The molecule has 1 aliphatic heterocycles. The van der Waals surface area contributed by atoms with Crippen LogP contribution < -0.4 is 16.0 Å². The number of piperidine rings is 1. The van der Waals surface area contributed by atoms with Crippen molar-refractivity contribution in [1.29, 1.82) is 0 Å². The second-order valence-corrected chi connectivity index (χ2v) is 7.64. The zero-order chi connectivity index (χ0) is 19.1. The number of hydrogen-bond donors (Lipinski definition) is 2. The van der Waals surface area contributed by atoms with Crippen molar-refractivity contribution in [3.05, 3.63) is 23.9 Å². The first-order chi connectivity index (χ1) is 13.1. The summed E-state index contributed by atoms with van der Waals surface area (Å²) in [7, 11) is 0. The SMILES string of the molecule is C[C@H]1CCCC[C@@H]1NC(=O)CO/N=C(\N)c1ccc(N2CCCCC2)nc1. The number of carbonyl (C=O) groups excluding carboxylic acids is 1. The lowest BCUT2D eigenvalue weighted by atomic mass is 9.86. The van der Waals surface area contributed by atoms with Crippen molar-refractivity contribution < 1.29 is 9.63 Å². The molecule has 3 N–H and O–H groups in total. The summed E-state index contributed by atoms with van der Waals surface area (Å²) < 4.78 is 0. The lowest BCUT2D eigenvalue weighted by molar-refractivity contribution is -0.126. The third kappa shape index (κ3) is 5.58. The zero-order valence-electron chi connectivity index (χ0n) is 16.2. The van der Waals surface area contributed by atoms with Gasteiger partial charge in [-0.15, -0.1) is 0 Å². The summed E-state index contributed by atoms with van der Waals surface area (Å²) in [6, 6.07) is 4.09. The van der Waals surface area contributed by atoms with E-state index in [4.69, 9.17) is 10.6 Å². The molecule has 27 heavy (non-hydrogen) atoms. The van der Waals surface area contributed by atoms with Crippen LogP contribution in [0, 0.1) is 5.92 Å². The minimum Gasteiger partial charge on any atom is -0.384 e. The standard InChI is InChI=1S/C20H31N5O2/c1-15-7-3-4-8-17(15)23-19(26)14-27-24-20(21)16-9-10-18(22-13-16)25-11-5-2-6-12-25/h9-10,13,15,17H,2-8,11-12,14H2,1H3,(H2,21,24)(H,23,26)/t15-,17-/m0/s1. The minimum absolute atomic E-state index is 0.122. The van der Waals surface area contributed by atoms with Crippen molar-refractivity contribution in [2.24, 2.45) is 16.8 Å². The highest BCUT2D eigenvalue weighted by atomic mass is 16.6. The number of nitrogens with zero attached hydrogens (tertiary/aromatic N) is 3. The van der Waals surface area contributed by atoms with Crippen molar-refractivity contribution in [2.75, 3.05) is 24.6 Å². The summed E-state index contributed by atoms with van der Waals surface area (Å²) in [6.07, 6.45) is 10.0. The third-order valence-corrected chi connectivity index (χ3v) is 5.54. The van der Waals surface area contributed by atoms with Gasteiger partial charge in [-0.1, -0.05) is 24.9 Å². The predicted molar refractivity (Wildman–Crippen MR) is 107 cm³/mol. The van der Waals surface area contributed by atoms with E-state index < -0.39 is 0 Å². The molecular formula is C20H31N5O2. The summed E-state index contributed by atoms with van der Waals surface area (Å²) in [5.41, 5.74) is 6.65. The molecule has 0 unspecified atom stereocenters. The normalized spacial score (nSPS) is 23.7. The Kier molecular flexibility index (Phi) is 6.90. The zero-order valence-corrected chi connectivity index (χ0v) is 16.2. The van der Waals surface area contributed by atoms with Gasteiger partial charge in [0.2, 0.25) is 0 Å². The highest BCUT2D eigenvalue weighted by molar-refractivity contribution is 5.97. The summed E-state index contributed by atoms with van der Waals surface area (Å²) >= 11 is 0. The molecule has 2 fully saturated rings. The van der Waals surface area contributed by atoms with Gasteiger partial charge in [-0.25, -0.2) is 4.98 Å². The number of aromatic nitrogens is 1. The molecule has 1 amide bonds. The topological polar surface area (TPSA) is 92.8 Å². The Hall–Kier alpha value is -2.31. The van der Waals surface area contributed by atoms with Crippen molar-refractivity contribution in [3.63, 3.8) is 0 Å². The molecule has 2 heterocycles. The first-order valence-corrected chi connectivity index (χ1v) is 10.1. The Morgan fingerprint density at radius 3 is 2.74 bits per heavy atom. The van der Waals surface area contributed by atoms with Gasteiger partial charge in [0.25, 0.3) is 5.91 Å². The van der Waals surface area contributed by atoms with Crippen LogP contribution >= 0.6 is 0 Å². The van der Waals surface area contributed by atoms with E-state index in [2.05, 4.69) is 27.3 Å². The number of hydrogen-bond acceptors (Lipinski definition) is 5. The molecule has 1 saturated carbocycles. The summed E-state index contributed by atoms with van der Waals surface area (Å²) in [5, 5.41) is 6.90. The van der Waals surface area contributed by atoms with Crippen molar-refractivity contribution in [2.45, 2.75) is 57.9 Å². The van der Waals surface area contributed by atoms with Crippen molar-refractivity contribution in [3.8, 4) is 0 Å². The van der Waals surface area contributed by atoms with Crippen LogP contribution in [-0.2, 0) is 9.63 Å². The maximum Gasteiger partial charge on any atom is 0.261 e. The van der Waals surface area contributed by atoms with Gasteiger partial charge in [0.05, 0.1) is 0 Å². The average molecular weight is 374 g/mol. The summed E-state index contributed by atoms with van der Waals surface area (Å²) in [6.45, 7) is 4.16. The molecule has 1 saturated heterocycles. The van der Waals surface area contributed by atoms with Gasteiger partial charge in [-0.2, -0.15) is 0 Å². The second-order valence-electron chi connectivity index (χ2n) is 7.64. The lowest BCUT2D eigenvalue weighted by Gasteiger charge is -2.29. The molecule has 0 aromatic carbocycles. The van der Waals surface area contributed by atoms with Crippen LogP contribution in [0.1, 0.15) is 57.4 Å². The van der Waals surface area contributed by atoms with Crippen LogP contribution in [-0.4, -0.2) is 42.5 Å². The maximum atomic E-state index is 12.0. The van der Waals surface area contributed by atoms with E-state index in [9.17, 15) is 4.79 Å². The fourth-order valence-electron chi connectivity index (χ4n) is 3.84. The Morgan fingerprint density at radius 2 is 2.04 bits per heavy atom. The van der Waals surface area contributed by atoms with Gasteiger partial charge in [-0.05, 0) is 50.2 Å². The third-order valence-electron chi connectivity index (χ3n) is 5.54. The quantitative estimate of drug-likeness (QED) is 0.454. The molecule has 1 aromatic heterocycles. The number of oxime groups is 1. The minimum atomic E-state index is -0.149. The summed E-state index contributed by atoms with van der Waals surface area (Å²) in [5.74, 6) is 1.56. The second kappa shape index (κ2) is 9.58. The Morgan fingerprint density at radius 1 is 1.26 bits per heavy atom. The first kappa shape index (κ1) is 19.5. The van der Waals surface area contributed by atoms with Crippen LogP contribution in [0.25, 0.3) is 0 Å². The van der Waals surface area contributed by atoms with Crippen molar-refractivity contribution in [1.82, 2.24) is 10.3 Å². The number of nitrogens with one attached hydrogen (secondary N) is 1. The lowest BCUT2D eigenvalue weighted by Crippen LogP contribution is -2.42. The Balaban J connectivity index is 1.46. The molecule has 1 aromatic rings. The highest BCUT2D eigenvalue weighted by Gasteiger charge is 2.22. The maximum absolute atomic E-state index is 12.0. The number of amidine groups is 1. The highest BCUT2D eigenvalue weighted by Crippen LogP contribution is 2.23. The number of carbonyl (C=O) groups is 1. The summed E-state index contributed by atoms with van der Waals surface area (Å²) in [4.78, 5) is 23.9. The van der Waals surface area contributed by atoms with E-state index in [0.29, 0.717) is 11.5 Å². The molecule has 0 bridgehead atoms.